The van der Waals surface area contributed by atoms with Gasteiger partial charge in [0.05, 0.1) is 21.2 Å². The zero-order valence-corrected chi connectivity index (χ0v) is 18.3. The SMILES string of the molecule is CC(=O)Nc1nc(C)c(-c2csc(Nc3cccc(/C=C4/SC(=O)NC4=O)c3)n2)s1. The lowest BCUT2D eigenvalue weighted by Crippen LogP contribution is -2.17. The molecule has 30 heavy (non-hydrogen) atoms. The Morgan fingerprint density at radius 2 is 2.03 bits per heavy atom. The molecule has 8 nitrogen and oxygen atoms in total. The molecule has 0 aliphatic carbocycles. The zero-order chi connectivity index (χ0) is 21.3. The summed E-state index contributed by atoms with van der Waals surface area (Å²) >= 11 is 3.72. The Kier molecular flexibility index (Phi) is 5.66. The minimum atomic E-state index is -0.383. The summed E-state index contributed by atoms with van der Waals surface area (Å²) in [4.78, 5) is 44.5. The van der Waals surface area contributed by atoms with Gasteiger partial charge in [0.1, 0.15) is 0 Å². The van der Waals surface area contributed by atoms with Crippen LogP contribution in [0, 0.1) is 6.92 Å². The van der Waals surface area contributed by atoms with Gasteiger partial charge in [-0.1, -0.05) is 23.5 Å². The van der Waals surface area contributed by atoms with Crippen LogP contribution < -0.4 is 16.0 Å². The molecule has 1 fully saturated rings. The first-order valence-electron chi connectivity index (χ1n) is 8.70. The fourth-order valence-corrected chi connectivity index (χ4v) is 5.13. The molecule has 1 aliphatic rings. The third kappa shape index (κ3) is 4.58. The predicted molar refractivity (Wildman–Crippen MR) is 121 cm³/mol. The van der Waals surface area contributed by atoms with Crippen molar-refractivity contribution in [1.29, 1.82) is 0 Å². The largest absolute Gasteiger partial charge is 0.332 e. The lowest BCUT2D eigenvalue weighted by atomic mass is 10.2. The number of amides is 3. The van der Waals surface area contributed by atoms with Gasteiger partial charge in [-0.15, -0.1) is 11.3 Å². The van der Waals surface area contributed by atoms with E-state index >= 15 is 0 Å². The highest BCUT2D eigenvalue weighted by molar-refractivity contribution is 8.18. The zero-order valence-electron chi connectivity index (χ0n) is 15.8. The number of thiazole rings is 2. The Bertz CT molecular complexity index is 1200. The first-order valence-corrected chi connectivity index (χ1v) is 11.2. The van der Waals surface area contributed by atoms with Crippen molar-refractivity contribution in [3.8, 4) is 10.6 Å². The van der Waals surface area contributed by atoms with Crippen molar-refractivity contribution in [1.82, 2.24) is 15.3 Å². The number of nitrogens with one attached hydrogen (secondary N) is 3. The van der Waals surface area contributed by atoms with Crippen molar-refractivity contribution in [2.45, 2.75) is 13.8 Å². The average molecular weight is 458 g/mol. The van der Waals surface area contributed by atoms with Crippen LogP contribution in [0.3, 0.4) is 0 Å². The van der Waals surface area contributed by atoms with Gasteiger partial charge in [-0.05, 0) is 42.5 Å². The molecule has 3 N–H and O–H groups in total. The summed E-state index contributed by atoms with van der Waals surface area (Å²) in [6, 6.07) is 7.47. The number of imide groups is 1. The number of benzene rings is 1. The smallest absolute Gasteiger partial charge is 0.290 e. The van der Waals surface area contributed by atoms with Gasteiger partial charge in [0.2, 0.25) is 5.91 Å². The van der Waals surface area contributed by atoms with Crippen molar-refractivity contribution in [2.24, 2.45) is 0 Å². The molecule has 0 radical (unpaired) electrons. The van der Waals surface area contributed by atoms with Gasteiger partial charge in [-0.2, -0.15) is 0 Å². The van der Waals surface area contributed by atoms with E-state index in [0.717, 1.165) is 39.3 Å². The number of hydrogen-bond acceptors (Lipinski definition) is 9. The maximum Gasteiger partial charge on any atom is 0.290 e. The van der Waals surface area contributed by atoms with Crippen LogP contribution in [0.25, 0.3) is 16.6 Å². The molecule has 0 spiro atoms. The molecule has 0 atom stereocenters. The highest BCUT2D eigenvalue weighted by Crippen LogP contribution is 2.35. The van der Waals surface area contributed by atoms with E-state index in [2.05, 4.69) is 25.9 Å². The Hall–Kier alpha value is -3.02. The first kappa shape index (κ1) is 20.3. The minimum absolute atomic E-state index is 0.163. The van der Waals surface area contributed by atoms with Gasteiger partial charge in [0.25, 0.3) is 11.1 Å². The standard InChI is InChI=1S/C19H15N5O3S3/c1-9-15(30-18(20-9)21-10(2)25)13-8-28-17(23-13)22-12-5-3-4-11(6-12)7-14-16(26)24-19(27)29-14/h3-8H,1-2H3,(H,22,23)(H,20,21,25)(H,24,26,27)/b14-7+. The Morgan fingerprint density at radius 3 is 2.77 bits per heavy atom. The van der Waals surface area contributed by atoms with Gasteiger partial charge in [0.15, 0.2) is 10.3 Å². The molecule has 1 saturated heterocycles. The van der Waals surface area contributed by atoms with E-state index in [1.165, 1.54) is 29.6 Å². The highest BCUT2D eigenvalue weighted by Gasteiger charge is 2.24. The van der Waals surface area contributed by atoms with Crippen LogP contribution in [-0.4, -0.2) is 27.0 Å². The predicted octanol–water partition coefficient (Wildman–Crippen LogP) is 4.60. The lowest BCUT2D eigenvalue weighted by molar-refractivity contribution is -0.115. The van der Waals surface area contributed by atoms with Crippen molar-refractivity contribution in [2.75, 3.05) is 10.6 Å². The molecular weight excluding hydrogens is 442 g/mol. The molecule has 1 aromatic carbocycles. The maximum atomic E-state index is 11.7. The Balaban J connectivity index is 1.51. The molecule has 2 aromatic heterocycles. The molecule has 152 valence electrons. The summed E-state index contributed by atoms with van der Waals surface area (Å²) in [5.74, 6) is -0.546. The van der Waals surface area contributed by atoms with Crippen molar-refractivity contribution in [3.63, 3.8) is 0 Å². The summed E-state index contributed by atoms with van der Waals surface area (Å²) in [7, 11) is 0. The molecular formula is C19H15N5O3S3. The van der Waals surface area contributed by atoms with E-state index in [9.17, 15) is 14.4 Å². The fourth-order valence-electron chi connectivity index (χ4n) is 2.68. The van der Waals surface area contributed by atoms with Crippen molar-refractivity contribution < 1.29 is 14.4 Å². The summed E-state index contributed by atoms with van der Waals surface area (Å²) in [6.07, 6.45) is 1.67. The molecule has 4 rings (SSSR count). The number of carbonyl (C=O) groups is 3. The monoisotopic (exact) mass is 457 g/mol. The highest BCUT2D eigenvalue weighted by atomic mass is 32.2. The second-order valence-corrected chi connectivity index (χ2v) is 9.13. The van der Waals surface area contributed by atoms with Crippen LogP contribution in [0.2, 0.25) is 0 Å². The molecule has 11 heteroatoms. The van der Waals surface area contributed by atoms with Gasteiger partial charge < -0.3 is 10.6 Å². The molecule has 3 amide bonds. The number of rotatable bonds is 5. The number of hydrogen-bond donors (Lipinski definition) is 3. The second-order valence-electron chi connectivity index (χ2n) is 6.26. The van der Waals surface area contributed by atoms with Crippen LogP contribution in [-0.2, 0) is 9.59 Å². The molecule has 1 aliphatic heterocycles. The number of aromatic nitrogens is 2. The average Bonchev–Trinajstić information content (AvgIpc) is 3.35. The van der Waals surface area contributed by atoms with Crippen LogP contribution in [0.15, 0.2) is 34.6 Å². The van der Waals surface area contributed by atoms with E-state index in [1.54, 1.807) is 6.08 Å². The normalized spacial score (nSPS) is 14.8. The van der Waals surface area contributed by atoms with Gasteiger partial charge in [-0.25, -0.2) is 9.97 Å². The first-order chi connectivity index (χ1) is 14.4. The van der Waals surface area contributed by atoms with Gasteiger partial charge in [0, 0.05) is 18.0 Å². The Labute approximate surface area is 183 Å². The lowest BCUT2D eigenvalue weighted by Gasteiger charge is -2.04. The molecule has 0 unspecified atom stereocenters. The molecule has 0 saturated carbocycles. The quantitative estimate of drug-likeness (QED) is 0.480. The molecule has 3 heterocycles. The van der Waals surface area contributed by atoms with Crippen LogP contribution >= 0.6 is 34.4 Å². The van der Waals surface area contributed by atoms with Crippen molar-refractivity contribution >= 4 is 73.5 Å². The number of thioether (sulfide) groups is 1. The van der Waals surface area contributed by atoms with E-state index in [0.29, 0.717) is 15.2 Å². The van der Waals surface area contributed by atoms with E-state index in [4.69, 9.17) is 0 Å². The van der Waals surface area contributed by atoms with Gasteiger partial charge >= 0.3 is 0 Å². The van der Waals surface area contributed by atoms with Crippen molar-refractivity contribution in [3.05, 3.63) is 45.8 Å². The summed E-state index contributed by atoms with van der Waals surface area (Å²) < 4.78 is 0. The third-order valence-electron chi connectivity index (χ3n) is 3.89. The summed E-state index contributed by atoms with van der Waals surface area (Å²) in [5.41, 5.74) is 3.18. The topological polar surface area (TPSA) is 113 Å². The van der Waals surface area contributed by atoms with Crippen LogP contribution in [0.5, 0.6) is 0 Å². The minimum Gasteiger partial charge on any atom is -0.332 e. The maximum absolute atomic E-state index is 11.7. The number of aryl methyl sites for hydroxylation is 1. The number of nitrogens with zero attached hydrogens (tertiary/aromatic N) is 2. The number of carbonyl (C=O) groups excluding carboxylic acids is 3. The summed E-state index contributed by atoms with van der Waals surface area (Å²) in [5, 5.41) is 11.0. The van der Waals surface area contributed by atoms with E-state index in [1.807, 2.05) is 36.6 Å². The number of anilines is 3. The second kappa shape index (κ2) is 8.38. The van der Waals surface area contributed by atoms with Gasteiger partial charge in [-0.3, -0.25) is 19.7 Å². The molecule has 3 aromatic rings. The third-order valence-corrected chi connectivity index (χ3v) is 6.56. The van der Waals surface area contributed by atoms with Crippen LogP contribution in [0.1, 0.15) is 18.2 Å². The van der Waals surface area contributed by atoms with E-state index in [-0.39, 0.29) is 17.1 Å². The Morgan fingerprint density at radius 1 is 1.20 bits per heavy atom. The van der Waals surface area contributed by atoms with Crippen LogP contribution in [0.4, 0.5) is 20.7 Å². The summed E-state index contributed by atoms with van der Waals surface area (Å²) in [6.45, 7) is 3.32. The molecule has 0 bridgehead atoms. The fraction of sp³-hybridized carbons (Fsp3) is 0.105. The van der Waals surface area contributed by atoms with E-state index < -0.39 is 0 Å².